The van der Waals surface area contributed by atoms with Crippen molar-refractivity contribution >= 4 is 12.2 Å². The minimum absolute atomic E-state index is 0.407. The maximum Gasteiger partial charge on any atom is 0.179 e. The molecule has 0 fully saturated rings. The zero-order chi connectivity index (χ0) is 12.3. The van der Waals surface area contributed by atoms with Gasteiger partial charge in [-0.05, 0) is 6.07 Å². The Labute approximate surface area is 103 Å². The average Bonchev–Trinajstić information content (AvgIpc) is 2.38. The van der Waals surface area contributed by atoms with Crippen molar-refractivity contribution in [1.82, 2.24) is 15.0 Å². The zero-order valence-corrected chi connectivity index (χ0v) is 10.2. The van der Waals surface area contributed by atoms with Crippen molar-refractivity contribution in [3.05, 3.63) is 29.4 Å². The number of aromatic nitrogens is 3. The highest BCUT2D eigenvalue weighted by Gasteiger charge is 2.09. The minimum atomic E-state index is 0.407. The predicted molar refractivity (Wildman–Crippen MR) is 65.8 cm³/mol. The highest BCUT2D eigenvalue weighted by atomic mass is 32.1. The van der Waals surface area contributed by atoms with E-state index in [0.717, 1.165) is 11.3 Å². The van der Waals surface area contributed by atoms with Crippen LogP contribution < -0.4 is 9.47 Å². The second-order valence-electron chi connectivity index (χ2n) is 3.23. The van der Waals surface area contributed by atoms with Gasteiger partial charge in [-0.2, -0.15) is 0 Å². The Morgan fingerprint density at radius 1 is 1.24 bits per heavy atom. The summed E-state index contributed by atoms with van der Waals surface area (Å²) >= 11 is 5.09. The van der Waals surface area contributed by atoms with Gasteiger partial charge < -0.3 is 14.5 Å². The third kappa shape index (κ3) is 2.26. The number of H-pyrrole nitrogens is 1. The first-order valence-corrected chi connectivity index (χ1v) is 5.28. The molecule has 2 aromatic heterocycles. The van der Waals surface area contributed by atoms with E-state index in [1.807, 2.05) is 6.07 Å². The molecular weight excluding hydrogens is 238 g/mol. The molecule has 1 N–H and O–H groups in total. The minimum Gasteiger partial charge on any atom is -0.495 e. The van der Waals surface area contributed by atoms with Gasteiger partial charge in [0.15, 0.2) is 10.4 Å². The molecule has 0 unspecified atom stereocenters. The average molecular weight is 249 g/mol. The van der Waals surface area contributed by atoms with E-state index in [0.29, 0.717) is 16.1 Å². The number of nitrogens with one attached hydrogen (secondary N) is 1. The van der Waals surface area contributed by atoms with Gasteiger partial charge in [-0.3, -0.25) is 4.98 Å². The largest absolute Gasteiger partial charge is 0.495 e. The molecular formula is C11H11N3O2S. The fourth-order valence-corrected chi connectivity index (χ4v) is 1.70. The van der Waals surface area contributed by atoms with E-state index in [1.165, 1.54) is 6.33 Å². The summed E-state index contributed by atoms with van der Waals surface area (Å²) in [6, 6.07) is 1.84. The number of hydrogen-bond donors (Lipinski definition) is 1. The summed E-state index contributed by atoms with van der Waals surface area (Å²) in [7, 11) is 3.14. The van der Waals surface area contributed by atoms with Crippen LogP contribution in [0.4, 0.5) is 0 Å². The summed E-state index contributed by atoms with van der Waals surface area (Å²) in [5.41, 5.74) is 1.56. The molecule has 0 amide bonds. The molecule has 0 aliphatic carbocycles. The normalized spacial score (nSPS) is 10.0. The number of ether oxygens (including phenoxy) is 2. The molecule has 17 heavy (non-hydrogen) atoms. The van der Waals surface area contributed by atoms with Crippen LogP contribution in [0.5, 0.6) is 11.5 Å². The molecule has 6 heteroatoms. The molecule has 5 nitrogen and oxygen atoms in total. The van der Waals surface area contributed by atoms with Crippen LogP contribution in [0.25, 0.3) is 11.3 Å². The van der Waals surface area contributed by atoms with Crippen molar-refractivity contribution in [2.75, 3.05) is 14.2 Å². The second kappa shape index (κ2) is 4.92. The Kier molecular flexibility index (Phi) is 3.34. The fraction of sp³-hybridized carbons (Fsp3) is 0.182. The smallest absolute Gasteiger partial charge is 0.179 e. The lowest BCUT2D eigenvalue weighted by Gasteiger charge is -2.08. The summed E-state index contributed by atoms with van der Waals surface area (Å²) in [6.07, 6.45) is 4.86. The van der Waals surface area contributed by atoms with Crippen LogP contribution in [0.15, 0.2) is 24.8 Å². The monoisotopic (exact) mass is 249 g/mol. The number of nitrogens with zero attached hydrogens (tertiary/aromatic N) is 2. The molecule has 0 spiro atoms. The van der Waals surface area contributed by atoms with Gasteiger partial charge in [0.2, 0.25) is 0 Å². The van der Waals surface area contributed by atoms with Crippen LogP contribution in [-0.2, 0) is 0 Å². The summed E-state index contributed by atoms with van der Waals surface area (Å²) in [5.74, 6) is 1.19. The molecule has 0 aromatic carbocycles. The Balaban J connectivity index is 2.59. The van der Waals surface area contributed by atoms with Gasteiger partial charge in [0.25, 0.3) is 0 Å². The van der Waals surface area contributed by atoms with Crippen LogP contribution in [0, 0.1) is 4.64 Å². The number of hydrogen-bond acceptors (Lipinski definition) is 5. The Morgan fingerprint density at radius 2 is 2.06 bits per heavy atom. The molecule has 0 atom stereocenters. The number of methoxy groups -OCH3 is 2. The van der Waals surface area contributed by atoms with Gasteiger partial charge in [0, 0.05) is 11.8 Å². The predicted octanol–water partition coefficient (Wildman–Crippen LogP) is 2.22. The van der Waals surface area contributed by atoms with Gasteiger partial charge in [-0.15, -0.1) is 0 Å². The van der Waals surface area contributed by atoms with Gasteiger partial charge in [-0.25, -0.2) is 4.98 Å². The summed E-state index contributed by atoms with van der Waals surface area (Å²) in [6.45, 7) is 0. The summed E-state index contributed by atoms with van der Waals surface area (Å²) in [4.78, 5) is 11.0. The second-order valence-corrected chi connectivity index (χ2v) is 3.62. The lowest BCUT2D eigenvalue weighted by atomic mass is 10.2. The van der Waals surface area contributed by atoms with E-state index in [9.17, 15) is 0 Å². The number of pyridine rings is 1. The van der Waals surface area contributed by atoms with E-state index in [1.54, 1.807) is 26.6 Å². The maximum atomic E-state index is 5.24. The first-order valence-electron chi connectivity index (χ1n) is 4.87. The maximum absolute atomic E-state index is 5.24. The first kappa shape index (κ1) is 11.5. The van der Waals surface area contributed by atoms with Crippen molar-refractivity contribution in [3.8, 4) is 22.8 Å². The highest BCUT2D eigenvalue weighted by molar-refractivity contribution is 7.71. The fourth-order valence-electron chi connectivity index (χ4n) is 1.46. The summed E-state index contributed by atoms with van der Waals surface area (Å²) in [5, 5.41) is 0. The highest BCUT2D eigenvalue weighted by Crippen LogP contribution is 2.28. The van der Waals surface area contributed by atoms with Crippen LogP contribution >= 0.6 is 12.2 Å². The summed E-state index contributed by atoms with van der Waals surface area (Å²) < 4.78 is 10.8. The Bertz CT molecular complexity index is 583. The molecule has 0 radical (unpaired) electrons. The van der Waals surface area contributed by atoms with Crippen molar-refractivity contribution < 1.29 is 9.47 Å². The molecule has 0 bridgehead atoms. The van der Waals surface area contributed by atoms with Crippen LogP contribution in [0.2, 0.25) is 0 Å². The van der Waals surface area contributed by atoms with Gasteiger partial charge in [0.05, 0.1) is 32.4 Å². The van der Waals surface area contributed by atoms with Gasteiger partial charge in [-0.1, -0.05) is 12.2 Å². The number of rotatable bonds is 3. The van der Waals surface area contributed by atoms with Crippen molar-refractivity contribution in [2.45, 2.75) is 0 Å². The van der Waals surface area contributed by atoms with Crippen molar-refractivity contribution in [1.29, 1.82) is 0 Å². The lowest BCUT2D eigenvalue weighted by molar-refractivity contribution is 0.409. The van der Waals surface area contributed by atoms with Crippen LogP contribution in [0.3, 0.4) is 0 Å². The van der Waals surface area contributed by atoms with Crippen molar-refractivity contribution in [2.24, 2.45) is 0 Å². The SMILES string of the molecule is COc1cncc(-c2[nH]cnc(=S)c2OC)c1. The molecule has 88 valence electrons. The third-order valence-corrected chi connectivity index (χ3v) is 2.54. The molecule has 0 aliphatic rings. The van der Waals surface area contributed by atoms with Crippen LogP contribution in [0.1, 0.15) is 0 Å². The standard InChI is InChI=1S/C11H11N3O2S/c1-15-8-3-7(4-12-5-8)9-10(16-2)11(17)14-6-13-9/h3-6H,1-2H3,(H,13,14,17). The van der Waals surface area contributed by atoms with E-state index in [-0.39, 0.29) is 0 Å². The molecule has 2 heterocycles. The quantitative estimate of drug-likeness (QED) is 0.845. The van der Waals surface area contributed by atoms with Crippen molar-refractivity contribution in [3.63, 3.8) is 0 Å². The molecule has 0 aliphatic heterocycles. The first-order chi connectivity index (χ1) is 8.26. The zero-order valence-electron chi connectivity index (χ0n) is 9.43. The number of aromatic amines is 1. The van der Waals surface area contributed by atoms with Gasteiger partial charge >= 0.3 is 0 Å². The molecule has 2 rings (SSSR count). The Morgan fingerprint density at radius 3 is 2.76 bits per heavy atom. The Hall–Kier alpha value is -1.95. The third-order valence-electron chi connectivity index (χ3n) is 2.25. The van der Waals surface area contributed by atoms with E-state index >= 15 is 0 Å². The van der Waals surface area contributed by atoms with E-state index in [2.05, 4.69) is 15.0 Å². The van der Waals surface area contributed by atoms with E-state index < -0.39 is 0 Å². The molecule has 0 saturated carbocycles. The topological polar surface area (TPSA) is 60.0 Å². The molecule has 0 saturated heterocycles. The lowest BCUT2D eigenvalue weighted by Crippen LogP contribution is -1.95. The van der Waals surface area contributed by atoms with E-state index in [4.69, 9.17) is 21.7 Å². The van der Waals surface area contributed by atoms with Crippen LogP contribution in [-0.4, -0.2) is 29.2 Å². The molecule has 2 aromatic rings. The van der Waals surface area contributed by atoms with Gasteiger partial charge in [0.1, 0.15) is 5.75 Å².